The van der Waals surface area contributed by atoms with Gasteiger partial charge in [-0.15, -0.1) is 11.3 Å². The molecule has 1 aliphatic rings. The van der Waals surface area contributed by atoms with Crippen LogP contribution in [0.25, 0.3) is 21.3 Å². The SMILES string of the molecule is CC(=O)C(OC(C)(C)C)c1c(C)nc2sc3c(c2c1-c1ccc(C)cc1F)CCCC3. The third kappa shape index (κ3) is 4.18. The van der Waals surface area contributed by atoms with Crippen molar-refractivity contribution in [2.75, 3.05) is 0 Å². The zero-order valence-electron chi connectivity index (χ0n) is 19.2. The van der Waals surface area contributed by atoms with E-state index in [4.69, 9.17) is 9.72 Å². The number of rotatable bonds is 4. The quantitative estimate of drug-likeness (QED) is 0.437. The van der Waals surface area contributed by atoms with E-state index in [1.165, 1.54) is 16.9 Å². The molecule has 0 N–H and O–H groups in total. The average Bonchev–Trinajstić information content (AvgIpc) is 3.02. The Kier molecular flexibility index (Phi) is 5.78. The van der Waals surface area contributed by atoms with Crippen LogP contribution in [0.4, 0.5) is 4.39 Å². The number of benzene rings is 1. The first-order valence-electron chi connectivity index (χ1n) is 11.0. The van der Waals surface area contributed by atoms with Crippen molar-refractivity contribution in [1.82, 2.24) is 4.98 Å². The molecule has 1 aromatic carbocycles. The van der Waals surface area contributed by atoms with E-state index in [2.05, 4.69) is 0 Å². The van der Waals surface area contributed by atoms with Gasteiger partial charge in [0.15, 0.2) is 5.78 Å². The largest absolute Gasteiger partial charge is 0.360 e. The van der Waals surface area contributed by atoms with Crippen LogP contribution in [0.2, 0.25) is 0 Å². The summed E-state index contributed by atoms with van der Waals surface area (Å²) in [5, 5.41) is 1.01. The summed E-state index contributed by atoms with van der Waals surface area (Å²) in [4.78, 5) is 20.0. The minimum Gasteiger partial charge on any atom is -0.360 e. The molecule has 2 aromatic heterocycles. The monoisotopic (exact) mass is 439 g/mol. The highest BCUT2D eigenvalue weighted by atomic mass is 32.1. The van der Waals surface area contributed by atoms with E-state index in [1.54, 1.807) is 24.3 Å². The van der Waals surface area contributed by atoms with E-state index in [-0.39, 0.29) is 11.6 Å². The highest BCUT2D eigenvalue weighted by molar-refractivity contribution is 7.19. The van der Waals surface area contributed by atoms with Crippen molar-refractivity contribution < 1.29 is 13.9 Å². The number of ether oxygens (including phenoxy) is 1. The Balaban J connectivity index is 2.12. The van der Waals surface area contributed by atoms with E-state index in [0.717, 1.165) is 46.3 Å². The highest BCUT2D eigenvalue weighted by Gasteiger charge is 2.33. The van der Waals surface area contributed by atoms with Crippen LogP contribution < -0.4 is 0 Å². The molecule has 2 heterocycles. The second-order valence-corrected chi connectivity index (χ2v) is 10.7. The fraction of sp³-hybridized carbons (Fsp3) is 0.462. The molecule has 3 aromatic rings. The topological polar surface area (TPSA) is 39.2 Å². The second kappa shape index (κ2) is 8.10. The Morgan fingerprint density at radius 1 is 1.19 bits per heavy atom. The highest BCUT2D eigenvalue weighted by Crippen LogP contribution is 2.46. The average molecular weight is 440 g/mol. The molecule has 0 amide bonds. The molecule has 0 aliphatic heterocycles. The minimum absolute atomic E-state index is 0.1000. The van der Waals surface area contributed by atoms with Gasteiger partial charge >= 0.3 is 0 Å². The molecule has 1 unspecified atom stereocenters. The first-order chi connectivity index (χ1) is 14.6. The van der Waals surface area contributed by atoms with Crippen molar-refractivity contribution in [3.63, 3.8) is 0 Å². The summed E-state index contributed by atoms with van der Waals surface area (Å²) in [5.74, 6) is -0.376. The normalized spacial score (nSPS) is 15.2. The van der Waals surface area contributed by atoms with E-state index < -0.39 is 11.7 Å². The number of aryl methyl sites for hydroxylation is 4. The zero-order chi connectivity index (χ0) is 22.5. The van der Waals surface area contributed by atoms with Gasteiger partial charge in [-0.25, -0.2) is 9.37 Å². The van der Waals surface area contributed by atoms with Crippen molar-refractivity contribution in [1.29, 1.82) is 0 Å². The van der Waals surface area contributed by atoms with Crippen LogP contribution in [-0.4, -0.2) is 16.4 Å². The summed E-state index contributed by atoms with van der Waals surface area (Å²) < 4.78 is 21.6. The third-order valence-electron chi connectivity index (χ3n) is 5.83. The van der Waals surface area contributed by atoms with Crippen LogP contribution in [-0.2, 0) is 22.4 Å². The van der Waals surface area contributed by atoms with Gasteiger partial charge in [0.1, 0.15) is 16.8 Å². The third-order valence-corrected chi connectivity index (χ3v) is 7.01. The van der Waals surface area contributed by atoms with Crippen LogP contribution in [0, 0.1) is 19.7 Å². The standard InChI is InChI=1S/C26H30FNO2S/c1-14-11-12-17(19(27)13-14)22-21(24(16(3)29)30-26(4,5)6)15(2)28-25-23(22)18-9-7-8-10-20(18)31-25/h11-13,24H,7-10H2,1-6H3. The summed E-state index contributed by atoms with van der Waals surface area (Å²) in [7, 11) is 0. The number of aromatic nitrogens is 1. The van der Waals surface area contributed by atoms with Gasteiger partial charge in [0, 0.05) is 32.6 Å². The van der Waals surface area contributed by atoms with Crippen molar-refractivity contribution in [3.8, 4) is 11.1 Å². The summed E-state index contributed by atoms with van der Waals surface area (Å²) in [6.45, 7) is 11.1. The number of Topliss-reactive ketones (excluding diaryl/α,β-unsaturated/α-hetero) is 1. The Bertz CT molecular complexity index is 1170. The van der Waals surface area contributed by atoms with Gasteiger partial charge in [-0.2, -0.15) is 0 Å². The number of hydrogen-bond donors (Lipinski definition) is 0. The molecule has 0 radical (unpaired) electrons. The second-order valence-electron chi connectivity index (χ2n) is 9.58. The lowest BCUT2D eigenvalue weighted by Gasteiger charge is -2.29. The van der Waals surface area contributed by atoms with E-state index >= 15 is 4.39 Å². The molecule has 5 heteroatoms. The van der Waals surface area contributed by atoms with Gasteiger partial charge in [0.05, 0.1) is 5.60 Å². The van der Waals surface area contributed by atoms with E-state index in [0.29, 0.717) is 11.1 Å². The number of ketones is 1. The molecule has 3 nitrogen and oxygen atoms in total. The van der Waals surface area contributed by atoms with Crippen molar-refractivity contribution >= 4 is 27.3 Å². The number of carbonyl (C=O) groups is 1. The number of fused-ring (bicyclic) bond motifs is 3. The van der Waals surface area contributed by atoms with E-state index in [1.807, 2.05) is 46.8 Å². The Morgan fingerprint density at radius 2 is 1.90 bits per heavy atom. The molecule has 0 spiro atoms. The van der Waals surface area contributed by atoms with Crippen LogP contribution in [0.3, 0.4) is 0 Å². The lowest BCUT2D eigenvalue weighted by Crippen LogP contribution is -2.27. The summed E-state index contributed by atoms with van der Waals surface area (Å²) in [5.41, 5.74) is 4.33. The van der Waals surface area contributed by atoms with Crippen molar-refractivity contribution in [2.45, 2.75) is 78.9 Å². The number of thiophene rings is 1. The van der Waals surface area contributed by atoms with Crippen LogP contribution in [0.15, 0.2) is 18.2 Å². The van der Waals surface area contributed by atoms with Crippen LogP contribution in [0.5, 0.6) is 0 Å². The maximum absolute atomic E-state index is 15.4. The molecule has 1 aliphatic carbocycles. The number of nitrogens with zero attached hydrogens (tertiary/aromatic N) is 1. The van der Waals surface area contributed by atoms with Crippen molar-refractivity contribution in [2.24, 2.45) is 0 Å². The Hall–Kier alpha value is -2.11. The maximum atomic E-state index is 15.4. The zero-order valence-corrected chi connectivity index (χ0v) is 20.0. The van der Waals surface area contributed by atoms with Gasteiger partial charge in [-0.05, 0) is 84.4 Å². The molecule has 31 heavy (non-hydrogen) atoms. The number of carbonyl (C=O) groups excluding carboxylic acids is 1. The van der Waals surface area contributed by atoms with Gasteiger partial charge in [-0.1, -0.05) is 12.1 Å². The van der Waals surface area contributed by atoms with Crippen molar-refractivity contribution in [3.05, 3.63) is 51.3 Å². The maximum Gasteiger partial charge on any atom is 0.163 e. The smallest absolute Gasteiger partial charge is 0.163 e. The first kappa shape index (κ1) is 22.1. The van der Waals surface area contributed by atoms with Gasteiger partial charge in [0.2, 0.25) is 0 Å². The molecule has 164 valence electrons. The molecular weight excluding hydrogens is 409 g/mol. The van der Waals surface area contributed by atoms with Crippen LogP contribution >= 0.6 is 11.3 Å². The molecular formula is C26H30FNO2S. The Morgan fingerprint density at radius 3 is 2.55 bits per heavy atom. The lowest BCUT2D eigenvalue weighted by atomic mass is 9.87. The molecule has 4 rings (SSSR count). The minimum atomic E-state index is -0.799. The Labute approximate surface area is 187 Å². The first-order valence-corrected chi connectivity index (χ1v) is 11.8. The summed E-state index contributed by atoms with van der Waals surface area (Å²) >= 11 is 1.71. The van der Waals surface area contributed by atoms with Gasteiger partial charge in [-0.3, -0.25) is 4.79 Å². The molecule has 0 bridgehead atoms. The van der Waals surface area contributed by atoms with Crippen LogP contribution in [0.1, 0.15) is 73.9 Å². The van der Waals surface area contributed by atoms with Gasteiger partial charge in [0.25, 0.3) is 0 Å². The fourth-order valence-corrected chi connectivity index (χ4v) is 5.86. The fourth-order valence-electron chi connectivity index (χ4n) is 4.54. The predicted molar refractivity (Wildman–Crippen MR) is 125 cm³/mol. The summed E-state index contributed by atoms with van der Waals surface area (Å²) in [6.07, 6.45) is 3.49. The predicted octanol–water partition coefficient (Wildman–Crippen LogP) is 7.04. The lowest BCUT2D eigenvalue weighted by molar-refractivity contribution is -0.138. The van der Waals surface area contributed by atoms with Gasteiger partial charge < -0.3 is 4.74 Å². The molecule has 0 fully saturated rings. The number of pyridine rings is 1. The molecule has 1 atom stereocenters. The molecule has 0 saturated carbocycles. The molecule has 0 saturated heterocycles. The number of halogens is 1. The number of hydrogen-bond acceptors (Lipinski definition) is 4. The summed E-state index contributed by atoms with van der Waals surface area (Å²) in [6, 6.07) is 5.33. The van der Waals surface area contributed by atoms with E-state index in [9.17, 15) is 4.79 Å².